The van der Waals surface area contributed by atoms with Crippen LogP contribution in [-0.4, -0.2) is 11.9 Å². The fourth-order valence-electron chi connectivity index (χ4n) is 1.06. The Morgan fingerprint density at radius 2 is 2.14 bits per heavy atom. The Morgan fingerprint density at radius 3 is 2.64 bits per heavy atom. The van der Waals surface area contributed by atoms with E-state index in [4.69, 9.17) is 5.26 Å². The first-order valence-electron chi connectivity index (χ1n) is 4.53. The fourth-order valence-corrected chi connectivity index (χ4v) is 1.06. The van der Waals surface area contributed by atoms with Gasteiger partial charge in [0.15, 0.2) is 0 Å². The smallest absolute Gasteiger partial charge is 0.252 e. The molecule has 0 fully saturated rings. The van der Waals surface area contributed by atoms with E-state index in [0.717, 1.165) is 0 Å². The maximum atomic E-state index is 11.5. The zero-order chi connectivity index (χ0) is 10.4. The van der Waals surface area contributed by atoms with E-state index in [-0.39, 0.29) is 5.91 Å². The lowest BCUT2D eigenvalue weighted by Crippen LogP contribution is -2.33. The van der Waals surface area contributed by atoms with E-state index >= 15 is 0 Å². The Balaban J connectivity index is 2.64. The second kappa shape index (κ2) is 5.03. The van der Waals surface area contributed by atoms with Crippen molar-refractivity contribution in [1.29, 1.82) is 5.26 Å². The summed E-state index contributed by atoms with van der Waals surface area (Å²) < 4.78 is 0. The summed E-state index contributed by atoms with van der Waals surface area (Å²) in [6.45, 7) is 1.86. The van der Waals surface area contributed by atoms with Crippen molar-refractivity contribution in [2.75, 3.05) is 0 Å². The molecule has 0 saturated heterocycles. The van der Waals surface area contributed by atoms with E-state index in [1.54, 1.807) is 24.3 Å². The number of nitriles is 1. The molecule has 1 atom stereocenters. The van der Waals surface area contributed by atoms with Gasteiger partial charge < -0.3 is 5.32 Å². The lowest BCUT2D eigenvalue weighted by molar-refractivity contribution is 0.0944. The number of hydrogen-bond acceptors (Lipinski definition) is 2. The molecule has 1 N–H and O–H groups in total. The van der Waals surface area contributed by atoms with Crippen LogP contribution in [0.3, 0.4) is 0 Å². The topological polar surface area (TPSA) is 52.9 Å². The Morgan fingerprint density at radius 1 is 1.50 bits per heavy atom. The molecule has 1 aromatic rings. The maximum absolute atomic E-state index is 11.5. The van der Waals surface area contributed by atoms with Gasteiger partial charge in [-0.25, -0.2) is 0 Å². The monoisotopic (exact) mass is 188 g/mol. The summed E-state index contributed by atoms with van der Waals surface area (Å²) >= 11 is 0. The molecule has 0 unspecified atom stereocenters. The van der Waals surface area contributed by atoms with Crippen molar-refractivity contribution < 1.29 is 4.79 Å². The Bertz CT molecular complexity index is 340. The van der Waals surface area contributed by atoms with Crippen LogP contribution in [0, 0.1) is 11.3 Å². The molecule has 0 bridgehead atoms. The predicted octanol–water partition coefficient (Wildman–Crippen LogP) is 1.72. The summed E-state index contributed by atoms with van der Waals surface area (Å²) in [6.07, 6.45) is 0.620. The van der Waals surface area contributed by atoms with Crippen molar-refractivity contribution in [2.24, 2.45) is 0 Å². The number of carbonyl (C=O) groups is 1. The average molecular weight is 188 g/mol. The van der Waals surface area contributed by atoms with Crippen molar-refractivity contribution >= 4 is 5.91 Å². The number of hydrogen-bond donors (Lipinski definition) is 1. The third-order valence-electron chi connectivity index (χ3n) is 1.91. The molecular formula is C11H12N2O. The van der Waals surface area contributed by atoms with E-state index in [2.05, 4.69) is 5.32 Å². The summed E-state index contributed by atoms with van der Waals surface area (Å²) in [7, 11) is 0. The predicted molar refractivity (Wildman–Crippen MR) is 53.6 cm³/mol. The molecule has 0 radical (unpaired) electrons. The van der Waals surface area contributed by atoms with Crippen LogP contribution in [0.4, 0.5) is 0 Å². The van der Waals surface area contributed by atoms with Gasteiger partial charge in [0.1, 0.15) is 6.04 Å². The van der Waals surface area contributed by atoms with Gasteiger partial charge in [0, 0.05) is 5.56 Å². The van der Waals surface area contributed by atoms with Crippen LogP contribution in [0.5, 0.6) is 0 Å². The number of rotatable bonds is 3. The van der Waals surface area contributed by atoms with E-state index in [1.165, 1.54) is 0 Å². The van der Waals surface area contributed by atoms with Gasteiger partial charge in [0.25, 0.3) is 5.91 Å². The lowest BCUT2D eigenvalue weighted by atomic mass is 10.2. The number of nitrogens with zero attached hydrogens (tertiary/aromatic N) is 1. The SMILES string of the molecule is CC[C@@H](C#N)NC(=O)c1ccccc1. The highest BCUT2D eigenvalue weighted by molar-refractivity contribution is 5.94. The van der Waals surface area contributed by atoms with Gasteiger partial charge in [-0.15, -0.1) is 0 Å². The third-order valence-corrected chi connectivity index (χ3v) is 1.91. The van der Waals surface area contributed by atoms with Crippen molar-refractivity contribution in [2.45, 2.75) is 19.4 Å². The highest BCUT2D eigenvalue weighted by Gasteiger charge is 2.09. The first-order valence-corrected chi connectivity index (χ1v) is 4.53. The zero-order valence-electron chi connectivity index (χ0n) is 8.03. The van der Waals surface area contributed by atoms with Gasteiger partial charge in [-0.3, -0.25) is 4.79 Å². The number of benzene rings is 1. The molecule has 1 amide bonds. The second-order valence-electron chi connectivity index (χ2n) is 2.93. The Hall–Kier alpha value is -1.82. The van der Waals surface area contributed by atoms with Gasteiger partial charge in [-0.1, -0.05) is 25.1 Å². The van der Waals surface area contributed by atoms with E-state index < -0.39 is 6.04 Å². The standard InChI is InChI=1S/C11H12N2O/c1-2-10(8-12)13-11(14)9-6-4-3-5-7-9/h3-7,10H,2H2,1H3,(H,13,14)/t10-/m0/s1. The highest BCUT2D eigenvalue weighted by atomic mass is 16.1. The summed E-state index contributed by atoms with van der Waals surface area (Å²) in [4.78, 5) is 11.5. The molecule has 0 spiro atoms. The summed E-state index contributed by atoms with van der Waals surface area (Å²) in [6, 6.07) is 10.5. The fraction of sp³-hybridized carbons (Fsp3) is 0.273. The molecule has 14 heavy (non-hydrogen) atoms. The molecular weight excluding hydrogens is 176 g/mol. The van der Waals surface area contributed by atoms with Crippen molar-refractivity contribution in [1.82, 2.24) is 5.32 Å². The van der Waals surface area contributed by atoms with Gasteiger partial charge in [0.05, 0.1) is 6.07 Å². The summed E-state index contributed by atoms with van der Waals surface area (Å²) in [5.74, 6) is -0.195. The molecule has 0 aliphatic carbocycles. The van der Waals surface area contributed by atoms with Crippen LogP contribution in [0.25, 0.3) is 0 Å². The van der Waals surface area contributed by atoms with Gasteiger partial charge in [0.2, 0.25) is 0 Å². The highest BCUT2D eigenvalue weighted by Crippen LogP contribution is 1.99. The largest absolute Gasteiger partial charge is 0.336 e. The van der Waals surface area contributed by atoms with E-state index in [0.29, 0.717) is 12.0 Å². The number of amides is 1. The Kier molecular flexibility index (Phi) is 3.69. The lowest BCUT2D eigenvalue weighted by Gasteiger charge is -2.08. The molecule has 72 valence electrons. The molecule has 3 nitrogen and oxygen atoms in total. The molecule has 3 heteroatoms. The maximum Gasteiger partial charge on any atom is 0.252 e. The zero-order valence-corrected chi connectivity index (χ0v) is 8.03. The molecule has 0 aliphatic heterocycles. The molecule has 1 aromatic carbocycles. The van der Waals surface area contributed by atoms with Gasteiger partial charge in [-0.05, 0) is 18.6 Å². The molecule has 0 saturated carbocycles. The average Bonchev–Trinajstić information content (AvgIpc) is 2.26. The van der Waals surface area contributed by atoms with Crippen molar-refractivity contribution in [3.63, 3.8) is 0 Å². The van der Waals surface area contributed by atoms with Crippen LogP contribution >= 0.6 is 0 Å². The van der Waals surface area contributed by atoms with Crippen LogP contribution in [0.2, 0.25) is 0 Å². The Labute approximate surface area is 83.4 Å². The van der Waals surface area contributed by atoms with Crippen LogP contribution < -0.4 is 5.32 Å². The van der Waals surface area contributed by atoms with Crippen LogP contribution in [-0.2, 0) is 0 Å². The second-order valence-corrected chi connectivity index (χ2v) is 2.93. The minimum absolute atomic E-state index is 0.195. The number of nitrogens with one attached hydrogen (secondary N) is 1. The summed E-state index contributed by atoms with van der Waals surface area (Å²) in [5.41, 5.74) is 0.584. The molecule has 0 heterocycles. The van der Waals surface area contributed by atoms with Gasteiger partial charge in [-0.2, -0.15) is 5.26 Å². The number of carbonyl (C=O) groups excluding carboxylic acids is 1. The van der Waals surface area contributed by atoms with Crippen LogP contribution in [0.15, 0.2) is 30.3 Å². The summed E-state index contributed by atoms with van der Waals surface area (Å²) in [5, 5.41) is 11.3. The first kappa shape index (κ1) is 10.3. The van der Waals surface area contributed by atoms with Crippen LogP contribution in [0.1, 0.15) is 23.7 Å². The molecule has 0 aliphatic rings. The molecule has 0 aromatic heterocycles. The van der Waals surface area contributed by atoms with Crippen molar-refractivity contribution in [3.8, 4) is 6.07 Å². The van der Waals surface area contributed by atoms with E-state index in [1.807, 2.05) is 19.1 Å². The minimum atomic E-state index is -0.400. The van der Waals surface area contributed by atoms with Gasteiger partial charge >= 0.3 is 0 Å². The minimum Gasteiger partial charge on any atom is -0.336 e. The third kappa shape index (κ3) is 2.60. The molecule has 1 rings (SSSR count). The quantitative estimate of drug-likeness (QED) is 0.785. The van der Waals surface area contributed by atoms with E-state index in [9.17, 15) is 4.79 Å². The normalized spacial score (nSPS) is 11.4. The van der Waals surface area contributed by atoms with Crippen molar-refractivity contribution in [3.05, 3.63) is 35.9 Å². The first-order chi connectivity index (χ1) is 6.77.